The molecule has 3 aromatic rings. The lowest BCUT2D eigenvalue weighted by Crippen LogP contribution is -2.45. The standard InChI is InChI=1S/C26H37N5O5/c1-5-35-16-23-29-22-15-28-21-14-19(36-13-9-7-6-8-12-27-25(33)34)10-11-20(21)24(22)31(23)17-26(3,4)30-18(2)32/h10-11,14-15,27H,5-9,12-13,16-17H2,1-4H3,(H,30,32)(H,33,34). The van der Waals surface area contributed by atoms with Crippen molar-refractivity contribution >= 4 is 33.9 Å². The molecule has 2 aromatic heterocycles. The minimum absolute atomic E-state index is 0.0824. The van der Waals surface area contributed by atoms with Crippen LogP contribution in [0.2, 0.25) is 0 Å². The van der Waals surface area contributed by atoms with E-state index in [0.29, 0.717) is 32.9 Å². The van der Waals surface area contributed by atoms with Gasteiger partial charge in [0.25, 0.3) is 0 Å². The predicted octanol–water partition coefficient (Wildman–Crippen LogP) is 4.24. The molecule has 0 fully saturated rings. The smallest absolute Gasteiger partial charge is 0.404 e. The highest BCUT2D eigenvalue weighted by molar-refractivity contribution is 6.02. The lowest BCUT2D eigenvalue weighted by Gasteiger charge is -2.27. The number of benzene rings is 1. The second-order valence-electron chi connectivity index (χ2n) is 9.48. The van der Waals surface area contributed by atoms with Crippen LogP contribution in [0.1, 0.15) is 59.2 Å². The molecule has 0 unspecified atom stereocenters. The van der Waals surface area contributed by atoms with Crippen molar-refractivity contribution < 1.29 is 24.2 Å². The Labute approximate surface area is 211 Å². The van der Waals surface area contributed by atoms with Gasteiger partial charge < -0.3 is 29.8 Å². The zero-order chi connectivity index (χ0) is 26.1. The van der Waals surface area contributed by atoms with Crippen LogP contribution >= 0.6 is 0 Å². The van der Waals surface area contributed by atoms with Crippen LogP contribution in [0.4, 0.5) is 4.79 Å². The fourth-order valence-corrected chi connectivity index (χ4v) is 4.28. The molecule has 1 aromatic carbocycles. The van der Waals surface area contributed by atoms with Gasteiger partial charge in [-0.25, -0.2) is 9.78 Å². The summed E-state index contributed by atoms with van der Waals surface area (Å²) in [7, 11) is 0. The van der Waals surface area contributed by atoms with Crippen molar-refractivity contribution in [3.05, 3.63) is 30.2 Å². The van der Waals surface area contributed by atoms with Crippen molar-refractivity contribution in [1.29, 1.82) is 0 Å². The summed E-state index contributed by atoms with van der Waals surface area (Å²) in [5.74, 6) is 1.46. The van der Waals surface area contributed by atoms with Gasteiger partial charge in [-0.05, 0) is 45.7 Å². The molecule has 10 nitrogen and oxygen atoms in total. The molecule has 196 valence electrons. The number of carboxylic acid groups (broad SMARTS) is 1. The SMILES string of the molecule is CCOCc1nc2cnc3cc(OCCCCCCNC(=O)O)ccc3c2n1CC(C)(C)NC(C)=O. The van der Waals surface area contributed by atoms with Crippen molar-refractivity contribution in [3.8, 4) is 5.75 Å². The molecule has 2 amide bonds. The number of aromatic nitrogens is 3. The van der Waals surface area contributed by atoms with Crippen LogP contribution in [0.3, 0.4) is 0 Å². The Morgan fingerprint density at radius 3 is 2.64 bits per heavy atom. The Balaban J connectivity index is 1.76. The average Bonchev–Trinajstić information content (AvgIpc) is 3.15. The number of pyridine rings is 1. The third kappa shape index (κ3) is 7.55. The molecule has 0 aliphatic heterocycles. The summed E-state index contributed by atoms with van der Waals surface area (Å²) in [6, 6.07) is 5.88. The van der Waals surface area contributed by atoms with Gasteiger partial charge in [0.05, 0.1) is 29.4 Å². The fourth-order valence-electron chi connectivity index (χ4n) is 4.28. The number of rotatable bonds is 14. The molecule has 10 heteroatoms. The summed E-state index contributed by atoms with van der Waals surface area (Å²) < 4.78 is 13.7. The summed E-state index contributed by atoms with van der Waals surface area (Å²) in [6.07, 6.45) is 4.42. The third-order valence-corrected chi connectivity index (χ3v) is 5.74. The normalized spacial score (nSPS) is 11.7. The zero-order valence-corrected chi connectivity index (χ0v) is 21.6. The zero-order valence-electron chi connectivity index (χ0n) is 21.6. The first-order chi connectivity index (χ1) is 17.2. The van der Waals surface area contributed by atoms with E-state index in [2.05, 4.69) is 20.2 Å². The molecule has 0 saturated heterocycles. The van der Waals surface area contributed by atoms with Crippen molar-refractivity contribution in [3.63, 3.8) is 0 Å². The molecule has 0 aliphatic carbocycles. The molecule has 36 heavy (non-hydrogen) atoms. The Bertz CT molecular complexity index is 1190. The number of ether oxygens (including phenoxy) is 2. The van der Waals surface area contributed by atoms with Gasteiger partial charge in [0, 0.05) is 38.1 Å². The van der Waals surface area contributed by atoms with E-state index in [1.54, 1.807) is 6.20 Å². The number of fused-ring (bicyclic) bond motifs is 3. The van der Waals surface area contributed by atoms with Gasteiger partial charge in [-0.3, -0.25) is 9.78 Å². The highest BCUT2D eigenvalue weighted by atomic mass is 16.5. The van der Waals surface area contributed by atoms with Gasteiger partial charge in [-0.15, -0.1) is 0 Å². The van der Waals surface area contributed by atoms with Crippen LogP contribution in [0, 0.1) is 0 Å². The molecule has 3 rings (SSSR count). The number of unbranched alkanes of at least 4 members (excludes halogenated alkanes) is 3. The third-order valence-electron chi connectivity index (χ3n) is 5.74. The van der Waals surface area contributed by atoms with E-state index in [1.807, 2.05) is 39.0 Å². The largest absolute Gasteiger partial charge is 0.494 e. The maximum absolute atomic E-state index is 11.7. The number of carbonyl (C=O) groups excluding carboxylic acids is 1. The summed E-state index contributed by atoms with van der Waals surface area (Å²) in [5.41, 5.74) is 2.06. The number of hydrogen-bond acceptors (Lipinski definition) is 6. The topological polar surface area (TPSA) is 128 Å². The van der Waals surface area contributed by atoms with Gasteiger partial charge in [0.15, 0.2) is 0 Å². The van der Waals surface area contributed by atoms with Gasteiger partial charge in [-0.1, -0.05) is 12.8 Å². The Morgan fingerprint density at radius 1 is 1.14 bits per heavy atom. The monoisotopic (exact) mass is 499 g/mol. The number of imidazole rings is 1. The van der Waals surface area contributed by atoms with Crippen LogP contribution in [-0.2, 0) is 22.7 Å². The average molecular weight is 500 g/mol. The fraction of sp³-hybridized carbons (Fsp3) is 0.538. The van der Waals surface area contributed by atoms with E-state index in [0.717, 1.165) is 59.2 Å². The second-order valence-corrected chi connectivity index (χ2v) is 9.48. The molecular weight excluding hydrogens is 462 g/mol. The van der Waals surface area contributed by atoms with Gasteiger partial charge in [0.1, 0.15) is 23.7 Å². The van der Waals surface area contributed by atoms with E-state index >= 15 is 0 Å². The van der Waals surface area contributed by atoms with E-state index in [-0.39, 0.29) is 5.91 Å². The molecule has 0 saturated carbocycles. The lowest BCUT2D eigenvalue weighted by atomic mass is 10.1. The Hall–Kier alpha value is -3.40. The Kier molecular flexibility index (Phi) is 9.46. The Morgan fingerprint density at radius 2 is 1.92 bits per heavy atom. The minimum Gasteiger partial charge on any atom is -0.494 e. The summed E-state index contributed by atoms with van der Waals surface area (Å²) in [5, 5.41) is 14.9. The number of carbonyl (C=O) groups is 2. The predicted molar refractivity (Wildman–Crippen MR) is 138 cm³/mol. The molecule has 0 atom stereocenters. The molecule has 0 bridgehead atoms. The van der Waals surface area contributed by atoms with Crippen LogP contribution in [-0.4, -0.2) is 56.9 Å². The molecule has 2 heterocycles. The number of nitrogens with zero attached hydrogens (tertiary/aromatic N) is 3. The molecule has 0 aliphatic rings. The van der Waals surface area contributed by atoms with Crippen LogP contribution in [0.25, 0.3) is 21.9 Å². The number of hydrogen-bond donors (Lipinski definition) is 3. The highest BCUT2D eigenvalue weighted by Gasteiger charge is 2.24. The molecule has 0 radical (unpaired) electrons. The van der Waals surface area contributed by atoms with Crippen molar-refractivity contribution in [2.75, 3.05) is 19.8 Å². The first-order valence-corrected chi connectivity index (χ1v) is 12.4. The number of nitrogens with one attached hydrogen (secondary N) is 2. The quantitative estimate of drug-likeness (QED) is 0.283. The maximum Gasteiger partial charge on any atom is 0.404 e. The number of amides is 2. The van der Waals surface area contributed by atoms with E-state index in [1.165, 1.54) is 6.92 Å². The van der Waals surface area contributed by atoms with E-state index in [4.69, 9.17) is 19.6 Å². The van der Waals surface area contributed by atoms with Crippen LogP contribution in [0.5, 0.6) is 5.75 Å². The van der Waals surface area contributed by atoms with Crippen LogP contribution in [0.15, 0.2) is 24.4 Å². The van der Waals surface area contributed by atoms with Crippen molar-refractivity contribution in [2.45, 2.75) is 72.1 Å². The second kappa shape index (κ2) is 12.5. The first-order valence-electron chi connectivity index (χ1n) is 12.4. The van der Waals surface area contributed by atoms with Gasteiger partial charge in [0.2, 0.25) is 5.91 Å². The van der Waals surface area contributed by atoms with E-state index < -0.39 is 11.6 Å². The van der Waals surface area contributed by atoms with Gasteiger partial charge >= 0.3 is 6.09 Å². The first kappa shape index (κ1) is 27.2. The van der Waals surface area contributed by atoms with Crippen molar-refractivity contribution in [2.24, 2.45) is 0 Å². The van der Waals surface area contributed by atoms with E-state index in [9.17, 15) is 9.59 Å². The summed E-state index contributed by atoms with van der Waals surface area (Å²) in [4.78, 5) is 31.6. The van der Waals surface area contributed by atoms with Gasteiger partial charge in [-0.2, -0.15) is 0 Å². The molecule has 3 N–H and O–H groups in total. The van der Waals surface area contributed by atoms with Crippen LogP contribution < -0.4 is 15.4 Å². The summed E-state index contributed by atoms with van der Waals surface area (Å²) in [6.45, 7) is 9.99. The summed E-state index contributed by atoms with van der Waals surface area (Å²) >= 11 is 0. The minimum atomic E-state index is -0.981. The maximum atomic E-state index is 11.7. The molecule has 0 spiro atoms. The lowest BCUT2D eigenvalue weighted by molar-refractivity contribution is -0.120. The van der Waals surface area contributed by atoms with Crippen molar-refractivity contribution in [1.82, 2.24) is 25.2 Å². The molecular formula is C26H37N5O5. The highest BCUT2D eigenvalue weighted by Crippen LogP contribution is 2.29.